The van der Waals surface area contributed by atoms with Gasteiger partial charge in [0.1, 0.15) is 5.25 Å². The normalized spacial score (nSPS) is 19.9. The van der Waals surface area contributed by atoms with Crippen molar-refractivity contribution in [2.45, 2.75) is 27.0 Å². The monoisotopic (exact) mass is 310 g/mol. The standard InChI is InChI=1S/C11H9F3O3S2/c1-17-10(15)9-5-6-4-7(2-3-8(6)18-9)19(16)11(12,13)14/h2-4,9H,5H2,1H3/t9-,19?/m1/s1. The molecule has 19 heavy (non-hydrogen) atoms. The van der Waals surface area contributed by atoms with Gasteiger partial charge in [0.25, 0.3) is 0 Å². The third kappa shape index (κ3) is 2.94. The molecule has 1 aromatic rings. The highest BCUT2D eigenvalue weighted by Gasteiger charge is 2.39. The molecule has 0 radical (unpaired) electrons. The molecule has 1 aliphatic rings. The number of benzene rings is 1. The van der Waals surface area contributed by atoms with Crippen molar-refractivity contribution in [3.8, 4) is 0 Å². The van der Waals surface area contributed by atoms with Crippen molar-refractivity contribution in [1.29, 1.82) is 0 Å². The van der Waals surface area contributed by atoms with Crippen LogP contribution in [0.5, 0.6) is 0 Å². The Morgan fingerprint density at radius 3 is 2.74 bits per heavy atom. The summed E-state index contributed by atoms with van der Waals surface area (Å²) >= 11 is 1.24. The Hall–Kier alpha value is -1.02. The maximum absolute atomic E-state index is 12.4. The van der Waals surface area contributed by atoms with Gasteiger partial charge in [0, 0.05) is 9.79 Å². The molecule has 3 nitrogen and oxygen atoms in total. The van der Waals surface area contributed by atoms with E-state index in [1.54, 1.807) is 0 Å². The number of rotatable bonds is 2. The van der Waals surface area contributed by atoms with Crippen molar-refractivity contribution in [3.05, 3.63) is 23.8 Å². The predicted octanol–water partition coefficient (Wildman–Crippen LogP) is 2.50. The van der Waals surface area contributed by atoms with Crippen LogP contribution in [0, 0.1) is 0 Å². The molecule has 1 aliphatic heterocycles. The fraction of sp³-hybridized carbons (Fsp3) is 0.364. The van der Waals surface area contributed by atoms with Crippen molar-refractivity contribution in [2.24, 2.45) is 0 Å². The van der Waals surface area contributed by atoms with Gasteiger partial charge in [-0.25, -0.2) is 4.21 Å². The average Bonchev–Trinajstić information content (AvgIpc) is 2.78. The molecular weight excluding hydrogens is 301 g/mol. The lowest BCUT2D eigenvalue weighted by Crippen LogP contribution is -2.18. The second-order valence-electron chi connectivity index (χ2n) is 3.82. The van der Waals surface area contributed by atoms with Crippen LogP contribution >= 0.6 is 11.8 Å². The van der Waals surface area contributed by atoms with E-state index in [0.717, 1.165) is 4.90 Å². The highest BCUT2D eigenvalue weighted by atomic mass is 32.2. The lowest BCUT2D eigenvalue weighted by molar-refractivity contribution is -0.139. The summed E-state index contributed by atoms with van der Waals surface area (Å²) in [6.07, 6.45) is 0.287. The van der Waals surface area contributed by atoms with Gasteiger partial charge in [0.15, 0.2) is 10.8 Å². The zero-order valence-electron chi connectivity index (χ0n) is 9.69. The summed E-state index contributed by atoms with van der Waals surface area (Å²) < 4.78 is 52.9. The number of halogens is 3. The Kier molecular flexibility index (Phi) is 3.91. The maximum Gasteiger partial charge on any atom is 0.475 e. The zero-order valence-corrected chi connectivity index (χ0v) is 11.3. The van der Waals surface area contributed by atoms with E-state index in [0.29, 0.717) is 5.56 Å². The number of ether oxygens (including phenoxy) is 1. The molecule has 0 saturated heterocycles. The van der Waals surface area contributed by atoms with Crippen molar-refractivity contribution in [2.75, 3.05) is 7.11 Å². The molecule has 0 aromatic heterocycles. The first-order valence-electron chi connectivity index (χ1n) is 5.19. The fourth-order valence-electron chi connectivity index (χ4n) is 1.74. The summed E-state index contributed by atoms with van der Waals surface area (Å²) in [6, 6.07) is 3.88. The summed E-state index contributed by atoms with van der Waals surface area (Å²) in [7, 11) is -1.78. The van der Waals surface area contributed by atoms with Gasteiger partial charge in [0.2, 0.25) is 0 Å². The number of alkyl halides is 3. The molecule has 2 atom stereocenters. The van der Waals surface area contributed by atoms with E-state index in [1.165, 1.54) is 37.1 Å². The van der Waals surface area contributed by atoms with Crippen LogP contribution in [-0.4, -0.2) is 28.0 Å². The molecule has 0 saturated carbocycles. The first-order chi connectivity index (χ1) is 8.82. The molecule has 0 aliphatic carbocycles. The number of methoxy groups -OCH3 is 1. The predicted molar refractivity (Wildman–Crippen MR) is 64.3 cm³/mol. The van der Waals surface area contributed by atoms with Gasteiger partial charge in [-0.1, -0.05) is 0 Å². The van der Waals surface area contributed by atoms with Gasteiger partial charge in [-0.15, -0.1) is 11.8 Å². The largest absolute Gasteiger partial charge is 0.475 e. The van der Waals surface area contributed by atoms with E-state index in [9.17, 15) is 22.2 Å². The van der Waals surface area contributed by atoms with E-state index in [2.05, 4.69) is 4.74 Å². The number of hydrogen-bond donors (Lipinski definition) is 0. The molecule has 1 aromatic carbocycles. The Bertz CT molecular complexity index is 542. The molecule has 0 fully saturated rings. The first kappa shape index (κ1) is 14.4. The highest BCUT2D eigenvalue weighted by molar-refractivity contribution is 8.01. The quantitative estimate of drug-likeness (QED) is 0.787. The van der Waals surface area contributed by atoms with E-state index in [-0.39, 0.29) is 11.3 Å². The minimum absolute atomic E-state index is 0.287. The molecule has 0 spiro atoms. The summed E-state index contributed by atoms with van der Waals surface area (Å²) in [5.41, 5.74) is -4.18. The summed E-state index contributed by atoms with van der Waals surface area (Å²) in [5, 5.41) is -0.449. The lowest BCUT2D eigenvalue weighted by Gasteiger charge is -2.07. The van der Waals surface area contributed by atoms with E-state index < -0.39 is 27.5 Å². The van der Waals surface area contributed by atoms with Crippen molar-refractivity contribution in [3.63, 3.8) is 0 Å². The molecule has 104 valence electrons. The minimum Gasteiger partial charge on any atom is -0.468 e. The summed E-state index contributed by atoms with van der Waals surface area (Å²) in [6.45, 7) is 0. The van der Waals surface area contributed by atoms with Gasteiger partial charge >= 0.3 is 11.5 Å². The average molecular weight is 310 g/mol. The molecule has 0 amide bonds. The smallest absolute Gasteiger partial charge is 0.468 e. The Balaban J connectivity index is 2.25. The van der Waals surface area contributed by atoms with E-state index in [1.807, 2.05) is 0 Å². The number of carbonyl (C=O) groups excluding carboxylic acids is 1. The lowest BCUT2D eigenvalue weighted by atomic mass is 10.1. The number of esters is 1. The Morgan fingerprint density at radius 1 is 1.47 bits per heavy atom. The number of fused-ring (bicyclic) bond motifs is 1. The number of thioether (sulfide) groups is 1. The van der Waals surface area contributed by atoms with Crippen LogP contribution in [0.15, 0.2) is 28.0 Å². The van der Waals surface area contributed by atoms with Gasteiger partial charge in [-0.2, -0.15) is 13.2 Å². The Labute approximate surface area is 114 Å². The summed E-state index contributed by atoms with van der Waals surface area (Å²) in [5.74, 6) is -0.417. The van der Waals surface area contributed by atoms with Crippen molar-refractivity contribution < 1.29 is 26.9 Å². The second kappa shape index (κ2) is 5.16. The van der Waals surface area contributed by atoms with Crippen molar-refractivity contribution in [1.82, 2.24) is 0 Å². The van der Waals surface area contributed by atoms with Crippen LogP contribution in [0.4, 0.5) is 13.2 Å². The SMILES string of the molecule is COC(=O)[C@H]1Cc2cc(S(=O)C(F)(F)F)ccc2S1. The topological polar surface area (TPSA) is 43.4 Å². The van der Waals surface area contributed by atoms with E-state index >= 15 is 0 Å². The third-order valence-electron chi connectivity index (χ3n) is 2.59. The van der Waals surface area contributed by atoms with Crippen molar-refractivity contribution >= 4 is 28.5 Å². The molecule has 1 unspecified atom stereocenters. The van der Waals surface area contributed by atoms with Crippen LogP contribution in [0.3, 0.4) is 0 Å². The molecule has 0 N–H and O–H groups in total. The van der Waals surface area contributed by atoms with Crippen LogP contribution in [0.1, 0.15) is 5.56 Å². The van der Waals surface area contributed by atoms with Crippen LogP contribution in [-0.2, 0) is 26.8 Å². The number of carbonyl (C=O) groups is 1. The molecule has 2 rings (SSSR count). The highest BCUT2D eigenvalue weighted by Crippen LogP contribution is 2.39. The molecule has 1 heterocycles. The minimum atomic E-state index is -4.78. The van der Waals surface area contributed by atoms with Crippen LogP contribution in [0.2, 0.25) is 0 Å². The first-order valence-corrected chi connectivity index (χ1v) is 7.22. The molecule has 8 heteroatoms. The van der Waals surface area contributed by atoms with Gasteiger partial charge in [-0.3, -0.25) is 4.79 Å². The van der Waals surface area contributed by atoms with Crippen LogP contribution < -0.4 is 0 Å². The number of hydrogen-bond acceptors (Lipinski definition) is 4. The van der Waals surface area contributed by atoms with E-state index in [4.69, 9.17) is 0 Å². The van der Waals surface area contributed by atoms with Gasteiger partial charge in [-0.05, 0) is 30.2 Å². The summed E-state index contributed by atoms with van der Waals surface area (Å²) in [4.78, 5) is 11.8. The molecular formula is C11H9F3O3S2. The van der Waals surface area contributed by atoms with Gasteiger partial charge < -0.3 is 4.74 Å². The maximum atomic E-state index is 12.4. The zero-order chi connectivity index (χ0) is 14.2. The third-order valence-corrected chi connectivity index (χ3v) is 4.99. The molecule has 0 bridgehead atoms. The van der Waals surface area contributed by atoms with Crippen LogP contribution in [0.25, 0.3) is 0 Å². The van der Waals surface area contributed by atoms with Gasteiger partial charge in [0.05, 0.1) is 7.11 Å². The second-order valence-corrected chi connectivity index (χ2v) is 6.53. The fourth-order valence-corrected chi connectivity index (χ4v) is 3.65. The Morgan fingerprint density at radius 2 is 2.16 bits per heavy atom.